The van der Waals surface area contributed by atoms with Crippen LogP contribution in [0.25, 0.3) is 0 Å². The molecule has 0 fully saturated rings. The predicted molar refractivity (Wildman–Crippen MR) is 71.2 cm³/mol. The largest absolute Gasteiger partial charge is 0.355 e. The van der Waals surface area contributed by atoms with Gasteiger partial charge in [0.1, 0.15) is 0 Å². The van der Waals surface area contributed by atoms with Crippen molar-refractivity contribution < 1.29 is 4.79 Å². The van der Waals surface area contributed by atoms with Gasteiger partial charge in [0.2, 0.25) is 11.9 Å². The molecule has 1 amide bonds. The first-order valence-corrected chi connectivity index (χ1v) is 6.17. The monoisotopic (exact) mass is 251 g/mol. The lowest BCUT2D eigenvalue weighted by molar-refractivity contribution is -0.119. The molecule has 0 spiro atoms. The first-order valence-electron chi connectivity index (χ1n) is 6.17. The zero-order chi connectivity index (χ0) is 13.5. The number of anilines is 1. The zero-order valence-corrected chi connectivity index (χ0v) is 11.2. The Morgan fingerprint density at radius 2 is 2.17 bits per heavy atom. The fourth-order valence-electron chi connectivity index (χ4n) is 1.61. The normalized spacial score (nSPS) is 10.2. The summed E-state index contributed by atoms with van der Waals surface area (Å²) in [7, 11) is 0. The molecule has 0 aliphatic rings. The number of hydrogen-bond donors (Lipinski definition) is 2. The third kappa shape index (κ3) is 3.96. The molecular weight excluding hydrogens is 230 g/mol. The predicted octanol–water partition coefficient (Wildman–Crippen LogP) is 0.206. The Morgan fingerprint density at radius 1 is 1.44 bits per heavy atom. The molecule has 3 N–H and O–H groups in total. The van der Waals surface area contributed by atoms with E-state index in [1.165, 1.54) is 0 Å². The van der Waals surface area contributed by atoms with Gasteiger partial charge in [-0.15, -0.1) is 0 Å². The lowest BCUT2D eigenvalue weighted by Gasteiger charge is -2.20. The van der Waals surface area contributed by atoms with E-state index in [2.05, 4.69) is 15.3 Å². The molecule has 0 radical (unpaired) electrons. The van der Waals surface area contributed by atoms with Crippen molar-refractivity contribution in [1.29, 1.82) is 0 Å². The van der Waals surface area contributed by atoms with Gasteiger partial charge in [-0.1, -0.05) is 0 Å². The summed E-state index contributed by atoms with van der Waals surface area (Å²) in [4.78, 5) is 22.1. The molecule has 100 valence electrons. The summed E-state index contributed by atoms with van der Waals surface area (Å²) in [5.41, 5.74) is 7.23. The van der Waals surface area contributed by atoms with E-state index in [-0.39, 0.29) is 12.5 Å². The van der Waals surface area contributed by atoms with E-state index in [9.17, 15) is 4.79 Å². The molecular formula is C12H21N5O. The van der Waals surface area contributed by atoms with Crippen LogP contribution in [0.5, 0.6) is 0 Å². The van der Waals surface area contributed by atoms with Crippen molar-refractivity contribution >= 4 is 11.9 Å². The summed E-state index contributed by atoms with van der Waals surface area (Å²) in [6.07, 6.45) is 0. The summed E-state index contributed by atoms with van der Waals surface area (Å²) < 4.78 is 0. The number of likely N-dealkylation sites (N-methyl/N-ethyl adjacent to an activating group) is 2. The Kier molecular flexibility index (Phi) is 5.51. The summed E-state index contributed by atoms with van der Waals surface area (Å²) in [5.74, 6) is 0.531. The number of nitrogens with one attached hydrogen (secondary N) is 1. The highest BCUT2D eigenvalue weighted by atomic mass is 16.2. The quantitative estimate of drug-likeness (QED) is 0.755. The van der Waals surface area contributed by atoms with E-state index < -0.39 is 0 Å². The van der Waals surface area contributed by atoms with Crippen molar-refractivity contribution in [2.45, 2.75) is 27.3 Å². The minimum atomic E-state index is -0.0289. The smallest absolute Gasteiger partial charge is 0.239 e. The van der Waals surface area contributed by atoms with Gasteiger partial charge in [-0.25, -0.2) is 9.97 Å². The molecule has 0 saturated carbocycles. The SMILES string of the molecule is CCNC(=O)CN(CC)c1nc(C)cc(CN)n1. The molecule has 6 nitrogen and oxygen atoms in total. The van der Waals surface area contributed by atoms with Gasteiger partial charge in [-0.3, -0.25) is 4.79 Å². The molecule has 0 bridgehead atoms. The van der Waals surface area contributed by atoms with Gasteiger partial charge in [0.05, 0.1) is 12.2 Å². The van der Waals surface area contributed by atoms with Gasteiger partial charge in [0, 0.05) is 25.3 Å². The van der Waals surface area contributed by atoms with E-state index in [1.807, 2.05) is 31.7 Å². The van der Waals surface area contributed by atoms with Crippen LogP contribution in [0.3, 0.4) is 0 Å². The fraction of sp³-hybridized carbons (Fsp3) is 0.583. The summed E-state index contributed by atoms with van der Waals surface area (Å²) in [6.45, 7) is 7.68. The number of amides is 1. The molecule has 1 aromatic rings. The number of carbonyl (C=O) groups excluding carboxylic acids is 1. The molecule has 0 aliphatic carbocycles. The van der Waals surface area contributed by atoms with Crippen LogP contribution in [0.1, 0.15) is 25.2 Å². The lowest BCUT2D eigenvalue weighted by Crippen LogP contribution is -2.38. The molecule has 0 aromatic carbocycles. The van der Waals surface area contributed by atoms with Crippen LogP contribution in [0, 0.1) is 6.92 Å². The number of aromatic nitrogens is 2. The van der Waals surface area contributed by atoms with Crippen LogP contribution in [-0.2, 0) is 11.3 Å². The molecule has 0 unspecified atom stereocenters. The number of nitrogens with two attached hydrogens (primary N) is 1. The molecule has 0 aliphatic heterocycles. The second-order valence-corrected chi connectivity index (χ2v) is 3.97. The summed E-state index contributed by atoms with van der Waals surface area (Å²) in [5, 5.41) is 2.76. The minimum Gasteiger partial charge on any atom is -0.355 e. The second kappa shape index (κ2) is 6.90. The van der Waals surface area contributed by atoms with Gasteiger partial charge in [0.15, 0.2) is 0 Å². The lowest BCUT2D eigenvalue weighted by atomic mass is 10.3. The number of nitrogens with zero attached hydrogens (tertiary/aromatic N) is 3. The van der Waals surface area contributed by atoms with Crippen LogP contribution >= 0.6 is 0 Å². The molecule has 1 rings (SSSR count). The molecule has 6 heteroatoms. The van der Waals surface area contributed by atoms with Crippen LogP contribution < -0.4 is 16.0 Å². The Bertz CT molecular complexity index is 407. The number of hydrogen-bond acceptors (Lipinski definition) is 5. The number of aryl methyl sites for hydroxylation is 1. The summed E-state index contributed by atoms with van der Waals surface area (Å²) >= 11 is 0. The third-order valence-corrected chi connectivity index (χ3v) is 2.48. The van der Waals surface area contributed by atoms with Crippen molar-refractivity contribution in [2.24, 2.45) is 5.73 Å². The molecule has 0 atom stereocenters. The Morgan fingerprint density at radius 3 is 2.72 bits per heavy atom. The van der Waals surface area contributed by atoms with E-state index in [4.69, 9.17) is 5.73 Å². The van der Waals surface area contributed by atoms with Gasteiger partial charge < -0.3 is 16.0 Å². The second-order valence-electron chi connectivity index (χ2n) is 3.97. The van der Waals surface area contributed by atoms with Crippen molar-refractivity contribution in [3.63, 3.8) is 0 Å². The standard InChI is InChI=1S/C12H21N5O/c1-4-14-11(18)8-17(5-2)12-15-9(3)6-10(7-13)16-12/h6H,4-5,7-8,13H2,1-3H3,(H,14,18). The number of rotatable bonds is 6. The van der Waals surface area contributed by atoms with Crippen LogP contribution in [0.4, 0.5) is 5.95 Å². The fourth-order valence-corrected chi connectivity index (χ4v) is 1.61. The van der Waals surface area contributed by atoms with Crippen LogP contribution in [0.15, 0.2) is 6.07 Å². The van der Waals surface area contributed by atoms with Gasteiger partial charge in [-0.2, -0.15) is 0 Å². The Balaban J connectivity index is 2.87. The van der Waals surface area contributed by atoms with Crippen molar-refractivity contribution in [2.75, 3.05) is 24.5 Å². The molecule has 1 heterocycles. The van der Waals surface area contributed by atoms with Gasteiger partial charge in [-0.05, 0) is 26.8 Å². The zero-order valence-electron chi connectivity index (χ0n) is 11.2. The average Bonchev–Trinajstić information content (AvgIpc) is 2.35. The minimum absolute atomic E-state index is 0.0289. The maximum atomic E-state index is 11.6. The van der Waals surface area contributed by atoms with Gasteiger partial charge in [0.25, 0.3) is 0 Å². The topological polar surface area (TPSA) is 84.1 Å². The van der Waals surface area contributed by atoms with Crippen molar-refractivity contribution in [3.8, 4) is 0 Å². The number of carbonyl (C=O) groups is 1. The van der Waals surface area contributed by atoms with Gasteiger partial charge >= 0.3 is 0 Å². The summed E-state index contributed by atoms with van der Waals surface area (Å²) in [6, 6.07) is 1.85. The van der Waals surface area contributed by atoms with E-state index in [0.717, 1.165) is 11.4 Å². The van der Waals surface area contributed by atoms with Crippen molar-refractivity contribution in [1.82, 2.24) is 15.3 Å². The first kappa shape index (κ1) is 14.4. The Labute approximate surface area is 108 Å². The highest BCUT2D eigenvalue weighted by Gasteiger charge is 2.13. The van der Waals surface area contributed by atoms with E-state index in [1.54, 1.807) is 0 Å². The van der Waals surface area contributed by atoms with Crippen LogP contribution in [0.2, 0.25) is 0 Å². The molecule has 1 aromatic heterocycles. The van der Waals surface area contributed by atoms with E-state index >= 15 is 0 Å². The van der Waals surface area contributed by atoms with E-state index in [0.29, 0.717) is 25.6 Å². The average molecular weight is 251 g/mol. The highest BCUT2D eigenvalue weighted by Crippen LogP contribution is 2.09. The van der Waals surface area contributed by atoms with Crippen LogP contribution in [-0.4, -0.2) is 35.5 Å². The highest BCUT2D eigenvalue weighted by molar-refractivity contribution is 5.80. The van der Waals surface area contributed by atoms with Crippen molar-refractivity contribution in [3.05, 3.63) is 17.5 Å². The molecule has 18 heavy (non-hydrogen) atoms. The maximum absolute atomic E-state index is 11.6. The Hall–Kier alpha value is -1.69. The third-order valence-electron chi connectivity index (χ3n) is 2.48. The molecule has 0 saturated heterocycles. The maximum Gasteiger partial charge on any atom is 0.239 e. The first-order chi connectivity index (χ1) is 8.60.